The Morgan fingerprint density at radius 1 is 1.24 bits per heavy atom. The summed E-state index contributed by atoms with van der Waals surface area (Å²) in [7, 11) is 1.65. The first-order valence-corrected chi connectivity index (χ1v) is 9.09. The Morgan fingerprint density at radius 3 is 2.44 bits per heavy atom. The summed E-state index contributed by atoms with van der Waals surface area (Å²) in [5.41, 5.74) is 8.24. The molecule has 1 aromatic heterocycles. The SMILES string of the molecule is CCN(CC)C(CN=C(N)Nc1ccc(OC)cc1)c1ccsc1.I. The summed E-state index contributed by atoms with van der Waals surface area (Å²) in [6.07, 6.45) is 0. The second-order valence-corrected chi connectivity index (χ2v) is 6.15. The van der Waals surface area contributed by atoms with Gasteiger partial charge in [-0.2, -0.15) is 11.3 Å². The molecule has 0 fully saturated rings. The zero-order chi connectivity index (χ0) is 17.4. The molecule has 138 valence electrons. The Morgan fingerprint density at radius 2 is 1.92 bits per heavy atom. The number of nitrogens with one attached hydrogen (secondary N) is 1. The monoisotopic (exact) mass is 474 g/mol. The normalized spacial score (nSPS) is 12.6. The van der Waals surface area contributed by atoms with Gasteiger partial charge in [0.05, 0.1) is 19.7 Å². The lowest BCUT2D eigenvalue weighted by Gasteiger charge is -2.28. The van der Waals surface area contributed by atoms with Crippen LogP contribution in [0, 0.1) is 0 Å². The number of nitrogens with zero attached hydrogens (tertiary/aromatic N) is 2. The number of hydrogen-bond donors (Lipinski definition) is 2. The minimum Gasteiger partial charge on any atom is -0.497 e. The molecular formula is C18H27IN4OS. The summed E-state index contributed by atoms with van der Waals surface area (Å²) < 4.78 is 5.15. The van der Waals surface area contributed by atoms with E-state index in [2.05, 4.69) is 45.9 Å². The zero-order valence-electron chi connectivity index (χ0n) is 14.9. The number of guanidine groups is 1. The standard InChI is InChI=1S/C18H26N4OS.HI/c1-4-22(5-2)17(14-10-11-24-13-14)12-20-18(19)21-15-6-8-16(23-3)9-7-15;/h6-11,13,17H,4-5,12H2,1-3H3,(H3,19,20,21);1H. The van der Waals surface area contributed by atoms with Crippen molar-refractivity contribution in [1.82, 2.24) is 4.90 Å². The number of anilines is 1. The van der Waals surface area contributed by atoms with Crippen molar-refractivity contribution < 1.29 is 4.74 Å². The van der Waals surface area contributed by atoms with Crippen LogP contribution in [0.15, 0.2) is 46.1 Å². The Hall–Kier alpha value is -1.32. The van der Waals surface area contributed by atoms with Crippen molar-refractivity contribution in [1.29, 1.82) is 0 Å². The summed E-state index contributed by atoms with van der Waals surface area (Å²) in [4.78, 5) is 6.95. The number of methoxy groups -OCH3 is 1. The van der Waals surface area contributed by atoms with Gasteiger partial charge in [-0.1, -0.05) is 13.8 Å². The van der Waals surface area contributed by atoms with E-state index in [9.17, 15) is 0 Å². The number of thiophene rings is 1. The van der Waals surface area contributed by atoms with Gasteiger partial charge in [-0.15, -0.1) is 24.0 Å². The third kappa shape index (κ3) is 6.48. The summed E-state index contributed by atoms with van der Waals surface area (Å²) in [5.74, 6) is 1.24. The number of hydrogen-bond acceptors (Lipinski definition) is 4. The molecule has 0 saturated heterocycles. The lowest BCUT2D eigenvalue weighted by molar-refractivity contribution is 0.225. The maximum atomic E-state index is 6.05. The lowest BCUT2D eigenvalue weighted by atomic mass is 10.1. The molecule has 7 heteroatoms. The van der Waals surface area contributed by atoms with Crippen LogP contribution in [0.25, 0.3) is 0 Å². The second kappa shape index (κ2) is 11.3. The molecule has 0 saturated carbocycles. The largest absolute Gasteiger partial charge is 0.497 e. The van der Waals surface area contributed by atoms with Gasteiger partial charge in [0.25, 0.3) is 0 Å². The fourth-order valence-electron chi connectivity index (χ4n) is 2.61. The highest BCUT2D eigenvalue weighted by molar-refractivity contribution is 14.0. The van der Waals surface area contributed by atoms with E-state index in [0.717, 1.165) is 24.5 Å². The molecule has 0 bridgehead atoms. The van der Waals surface area contributed by atoms with Crippen molar-refractivity contribution in [3.05, 3.63) is 46.7 Å². The lowest BCUT2D eigenvalue weighted by Crippen LogP contribution is -2.31. The van der Waals surface area contributed by atoms with Crippen LogP contribution in [0.4, 0.5) is 5.69 Å². The molecule has 0 aliphatic carbocycles. The van der Waals surface area contributed by atoms with Gasteiger partial charge in [-0.05, 0) is 59.7 Å². The van der Waals surface area contributed by atoms with E-state index in [0.29, 0.717) is 12.5 Å². The molecule has 1 atom stereocenters. The molecule has 5 nitrogen and oxygen atoms in total. The second-order valence-electron chi connectivity index (χ2n) is 5.37. The average Bonchev–Trinajstić information content (AvgIpc) is 3.13. The molecule has 0 amide bonds. The van der Waals surface area contributed by atoms with E-state index in [1.165, 1.54) is 5.56 Å². The number of nitrogens with two attached hydrogens (primary N) is 1. The third-order valence-electron chi connectivity index (χ3n) is 3.98. The van der Waals surface area contributed by atoms with Crippen LogP contribution in [-0.4, -0.2) is 37.6 Å². The maximum absolute atomic E-state index is 6.05. The van der Waals surface area contributed by atoms with Crippen molar-refractivity contribution in [2.45, 2.75) is 19.9 Å². The van der Waals surface area contributed by atoms with Crippen LogP contribution in [-0.2, 0) is 0 Å². The number of aliphatic imine (C=N–C) groups is 1. The number of halogens is 1. The summed E-state index contributed by atoms with van der Waals surface area (Å²) >= 11 is 1.71. The van der Waals surface area contributed by atoms with Gasteiger partial charge in [0.15, 0.2) is 5.96 Å². The molecular weight excluding hydrogens is 447 g/mol. The molecule has 1 heterocycles. The van der Waals surface area contributed by atoms with Gasteiger partial charge in [0.2, 0.25) is 0 Å². The van der Waals surface area contributed by atoms with E-state index in [1.807, 2.05) is 24.3 Å². The molecule has 0 aliphatic rings. The highest BCUT2D eigenvalue weighted by atomic mass is 127. The van der Waals surface area contributed by atoms with E-state index in [1.54, 1.807) is 18.4 Å². The minimum atomic E-state index is 0. The number of likely N-dealkylation sites (N-methyl/N-ethyl adjacent to an activating group) is 1. The summed E-state index contributed by atoms with van der Waals surface area (Å²) in [6, 6.07) is 10.0. The molecule has 0 aliphatic heterocycles. The quantitative estimate of drug-likeness (QED) is 0.342. The van der Waals surface area contributed by atoms with Crippen molar-refractivity contribution >= 4 is 47.0 Å². The molecule has 0 spiro atoms. The van der Waals surface area contributed by atoms with Crippen LogP contribution >= 0.6 is 35.3 Å². The van der Waals surface area contributed by atoms with Crippen molar-refractivity contribution in [3.8, 4) is 5.75 Å². The van der Waals surface area contributed by atoms with Crippen LogP contribution in [0.1, 0.15) is 25.5 Å². The van der Waals surface area contributed by atoms with Gasteiger partial charge >= 0.3 is 0 Å². The first-order chi connectivity index (χ1) is 11.7. The van der Waals surface area contributed by atoms with Gasteiger partial charge < -0.3 is 15.8 Å². The van der Waals surface area contributed by atoms with Crippen molar-refractivity contribution in [3.63, 3.8) is 0 Å². The van der Waals surface area contributed by atoms with Gasteiger partial charge in [-0.3, -0.25) is 9.89 Å². The predicted octanol–water partition coefficient (Wildman–Crippen LogP) is 4.18. The fourth-order valence-corrected chi connectivity index (χ4v) is 3.31. The third-order valence-corrected chi connectivity index (χ3v) is 4.68. The van der Waals surface area contributed by atoms with Gasteiger partial charge in [-0.25, -0.2) is 0 Å². The molecule has 2 rings (SSSR count). The predicted molar refractivity (Wildman–Crippen MR) is 119 cm³/mol. The topological polar surface area (TPSA) is 62.9 Å². The maximum Gasteiger partial charge on any atom is 0.193 e. The first kappa shape index (κ1) is 21.7. The molecule has 2 aromatic rings. The first-order valence-electron chi connectivity index (χ1n) is 8.15. The molecule has 3 N–H and O–H groups in total. The van der Waals surface area contributed by atoms with Crippen molar-refractivity contribution in [2.75, 3.05) is 32.1 Å². The van der Waals surface area contributed by atoms with Crippen LogP contribution in [0.3, 0.4) is 0 Å². The Bertz CT molecular complexity index is 627. The molecule has 1 unspecified atom stereocenters. The van der Waals surface area contributed by atoms with Crippen LogP contribution in [0.5, 0.6) is 5.75 Å². The van der Waals surface area contributed by atoms with Crippen LogP contribution in [0.2, 0.25) is 0 Å². The summed E-state index contributed by atoms with van der Waals surface area (Å²) in [6.45, 7) is 6.95. The highest BCUT2D eigenvalue weighted by Gasteiger charge is 2.18. The van der Waals surface area contributed by atoms with Crippen molar-refractivity contribution in [2.24, 2.45) is 10.7 Å². The Kier molecular flexibility index (Phi) is 9.84. The van der Waals surface area contributed by atoms with Gasteiger partial charge in [0, 0.05) is 5.69 Å². The highest BCUT2D eigenvalue weighted by Crippen LogP contribution is 2.23. The van der Waals surface area contributed by atoms with Crippen LogP contribution < -0.4 is 15.8 Å². The van der Waals surface area contributed by atoms with Gasteiger partial charge in [0.1, 0.15) is 5.75 Å². The van der Waals surface area contributed by atoms with E-state index >= 15 is 0 Å². The number of rotatable bonds is 8. The summed E-state index contributed by atoms with van der Waals surface area (Å²) in [5, 5.41) is 7.42. The van der Waals surface area contributed by atoms with E-state index in [-0.39, 0.29) is 30.0 Å². The molecule has 1 aromatic carbocycles. The Labute approximate surface area is 171 Å². The van der Waals surface area contributed by atoms with E-state index in [4.69, 9.17) is 10.5 Å². The fraction of sp³-hybridized carbons (Fsp3) is 0.389. The van der Waals surface area contributed by atoms with E-state index < -0.39 is 0 Å². The zero-order valence-corrected chi connectivity index (χ0v) is 18.1. The minimum absolute atomic E-state index is 0. The Balaban J connectivity index is 0.00000312. The molecule has 0 radical (unpaired) electrons. The molecule has 25 heavy (non-hydrogen) atoms. The number of benzene rings is 1. The average molecular weight is 474 g/mol. The smallest absolute Gasteiger partial charge is 0.193 e. The number of ether oxygens (including phenoxy) is 1.